The predicted molar refractivity (Wildman–Crippen MR) is 120 cm³/mol. The highest BCUT2D eigenvalue weighted by molar-refractivity contribution is 7.89. The van der Waals surface area contributed by atoms with Gasteiger partial charge in [0.2, 0.25) is 10.0 Å². The minimum atomic E-state index is -3.14. The van der Waals surface area contributed by atoms with E-state index in [1.54, 1.807) is 6.33 Å². The van der Waals surface area contributed by atoms with Crippen LogP contribution in [0.5, 0.6) is 0 Å². The number of sulfonamides is 1. The second kappa shape index (κ2) is 11.0. The van der Waals surface area contributed by atoms with E-state index in [-0.39, 0.29) is 11.7 Å². The first kappa shape index (κ1) is 25.3. The molecule has 0 aliphatic heterocycles. The highest BCUT2D eigenvalue weighted by Gasteiger charge is 2.33. The van der Waals surface area contributed by atoms with E-state index >= 15 is 0 Å². The molecule has 1 aliphatic rings. The van der Waals surface area contributed by atoms with Crippen molar-refractivity contribution < 1.29 is 28.2 Å². The van der Waals surface area contributed by atoms with Gasteiger partial charge < -0.3 is 20.1 Å². The third-order valence-electron chi connectivity index (χ3n) is 5.53. The maximum absolute atomic E-state index is 11.8. The van der Waals surface area contributed by atoms with Gasteiger partial charge in [-0.1, -0.05) is 6.92 Å². The molecule has 1 saturated carbocycles. The lowest BCUT2D eigenvalue weighted by atomic mass is 9.79. The number of nitrogens with zero attached hydrogens (tertiary/aromatic N) is 3. The van der Waals surface area contributed by atoms with Crippen LogP contribution < -0.4 is 9.62 Å². The van der Waals surface area contributed by atoms with Crippen LogP contribution in [0.1, 0.15) is 26.2 Å². The van der Waals surface area contributed by atoms with Crippen molar-refractivity contribution in [1.29, 1.82) is 0 Å². The summed E-state index contributed by atoms with van der Waals surface area (Å²) in [6.45, 7) is 2.20. The molecule has 0 radical (unpaired) electrons. The van der Waals surface area contributed by atoms with Crippen molar-refractivity contribution in [2.24, 2.45) is 11.8 Å². The van der Waals surface area contributed by atoms with E-state index in [0.29, 0.717) is 24.1 Å². The summed E-state index contributed by atoms with van der Waals surface area (Å²) >= 11 is 0. The van der Waals surface area contributed by atoms with Crippen molar-refractivity contribution in [2.75, 3.05) is 24.7 Å². The molecule has 3 rings (SSSR count). The van der Waals surface area contributed by atoms with Gasteiger partial charge in [0.05, 0.1) is 11.1 Å². The van der Waals surface area contributed by atoms with E-state index in [1.807, 2.05) is 12.3 Å². The average Bonchev–Trinajstić information content (AvgIpc) is 3.21. The van der Waals surface area contributed by atoms with Crippen LogP contribution in [0.3, 0.4) is 0 Å². The molecule has 2 aromatic rings. The molecule has 12 heteroatoms. The van der Waals surface area contributed by atoms with Crippen LogP contribution >= 0.6 is 0 Å². The SMILES string of the molecule is CNS(=O)(=O)CC1CCC(N(C)c2ncnc3[nH]ccc23)C(C)C1.O=C(O)/C=C\C(=O)O. The fourth-order valence-electron chi connectivity index (χ4n) is 4.05. The first-order valence-corrected chi connectivity index (χ1v) is 11.7. The summed E-state index contributed by atoms with van der Waals surface area (Å²) in [5, 5.41) is 16.6. The monoisotopic (exact) mass is 467 g/mol. The largest absolute Gasteiger partial charge is 0.478 e. The molecule has 176 valence electrons. The highest BCUT2D eigenvalue weighted by Crippen LogP contribution is 2.35. The van der Waals surface area contributed by atoms with Gasteiger partial charge in [0, 0.05) is 31.4 Å². The van der Waals surface area contributed by atoms with Crippen LogP contribution in [-0.4, -0.2) is 71.4 Å². The second-order valence-electron chi connectivity index (χ2n) is 7.77. The molecule has 0 saturated heterocycles. The number of aliphatic carboxylic acids is 2. The zero-order valence-electron chi connectivity index (χ0n) is 18.2. The Bertz CT molecular complexity index is 1050. The van der Waals surface area contributed by atoms with Crippen LogP contribution in [0, 0.1) is 11.8 Å². The Morgan fingerprint density at radius 3 is 2.47 bits per heavy atom. The fraction of sp³-hybridized carbons (Fsp3) is 0.500. The first-order chi connectivity index (χ1) is 15.0. The van der Waals surface area contributed by atoms with E-state index in [2.05, 4.69) is 38.5 Å². The van der Waals surface area contributed by atoms with Crippen molar-refractivity contribution in [1.82, 2.24) is 19.7 Å². The molecular weight excluding hydrogens is 438 g/mol. The average molecular weight is 468 g/mol. The molecule has 0 spiro atoms. The van der Waals surface area contributed by atoms with Crippen molar-refractivity contribution in [3.05, 3.63) is 30.7 Å². The molecule has 0 bridgehead atoms. The van der Waals surface area contributed by atoms with E-state index in [0.717, 1.165) is 36.1 Å². The number of carboxylic acids is 2. The second-order valence-corrected chi connectivity index (χ2v) is 9.74. The third-order valence-corrected chi connectivity index (χ3v) is 7.06. The predicted octanol–water partition coefficient (Wildman–Crippen LogP) is 1.46. The lowest BCUT2D eigenvalue weighted by molar-refractivity contribution is -0.134. The Morgan fingerprint density at radius 1 is 1.25 bits per heavy atom. The summed E-state index contributed by atoms with van der Waals surface area (Å²) in [4.78, 5) is 33.2. The van der Waals surface area contributed by atoms with Crippen molar-refractivity contribution >= 4 is 38.8 Å². The van der Waals surface area contributed by atoms with E-state index < -0.39 is 22.0 Å². The molecule has 0 amide bonds. The molecule has 1 aliphatic carbocycles. The van der Waals surface area contributed by atoms with Gasteiger partial charge in [0.25, 0.3) is 0 Å². The fourth-order valence-corrected chi connectivity index (χ4v) is 5.14. The van der Waals surface area contributed by atoms with Crippen LogP contribution in [0.2, 0.25) is 0 Å². The Morgan fingerprint density at radius 2 is 1.91 bits per heavy atom. The topological polar surface area (TPSA) is 166 Å². The molecule has 4 N–H and O–H groups in total. The summed E-state index contributed by atoms with van der Waals surface area (Å²) < 4.78 is 26.0. The normalized spacial score (nSPS) is 21.2. The number of nitrogens with one attached hydrogen (secondary N) is 2. The maximum atomic E-state index is 11.8. The molecule has 1 fully saturated rings. The van der Waals surface area contributed by atoms with Gasteiger partial charge in [-0.3, -0.25) is 0 Å². The summed E-state index contributed by atoms with van der Waals surface area (Å²) in [6, 6.07) is 2.35. The van der Waals surface area contributed by atoms with Crippen LogP contribution in [-0.2, 0) is 19.6 Å². The van der Waals surface area contributed by atoms with Crippen LogP contribution in [0.15, 0.2) is 30.7 Å². The van der Waals surface area contributed by atoms with Crippen LogP contribution in [0.25, 0.3) is 11.0 Å². The van der Waals surface area contributed by atoms with Gasteiger partial charge in [-0.25, -0.2) is 32.7 Å². The van der Waals surface area contributed by atoms with Crippen LogP contribution in [0.4, 0.5) is 5.82 Å². The van der Waals surface area contributed by atoms with Gasteiger partial charge in [-0.15, -0.1) is 0 Å². The van der Waals surface area contributed by atoms with Gasteiger partial charge in [0.15, 0.2) is 0 Å². The number of carbonyl (C=O) groups is 2. The minimum Gasteiger partial charge on any atom is -0.478 e. The highest BCUT2D eigenvalue weighted by atomic mass is 32.2. The van der Waals surface area contributed by atoms with Gasteiger partial charge in [-0.05, 0) is 44.2 Å². The Balaban J connectivity index is 0.000000390. The zero-order valence-corrected chi connectivity index (χ0v) is 19.0. The molecule has 3 unspecified atom stereocenters. The molecule has 0 aromatic carbocycles. The van der Waals surface area contributed by atoms with E-state index in [4.69, 9.17) is 10.2 Å². The number of fused-ring (bicyclic) bond motifs is 1. The molecule has 11 nitrogen and oxygen atoms in total. The number of H-pyrrole nitrogens is 1. The number of aromatic nitrogens is 3. The summed E-state index contributed by atoms with van der Waals surface area (Å²) in [7, 11) is 0.410. The number of carboxylic acid groups (broad SMARTS) is 2. The quantitative estimate of drug-likeness (QED) is 0.441. The first-order valence-electron chi connectivity index (χ1n) is 10.1. The molecule has 32 heavy (non-hydrogen) atoms. The summed E-state index contributed by atoms with van der Waals surface area (Å²) in [6.07, 6.45) is 7.38. The number of hydrogen-bond donors (Lipinski definition) is 4. The third kappa shape index (κ3) is 7.02. The Kier molecular flexibility index (Phi) is 8.72. The Labute approximate surface area is 186 Å². The maximum Gasteiger partial charge on any atom is 0.328 e. The lowest BCUT2D eigenvalue weighted by Gasteiger charge is -2.40. The zero-order chi connectivity index (χ0) is 23.9. The number of anilines is 1. The number of aromatic amines is 1. The number of hydrogen-bond acceptors (Lipinski definition) is 7. The van der Waals surface area contributed by atoms with Crippen molar-refractivity contribution in [3.8, 4) is 0 Å². The standard InChI is InChI=1S/C16H25N5O2S.C4H4O4/c1-11-8-12(9-24(22,23)17-2)4-5-14(11)21(3)16-13-6-7-18-15(13)19-10-20-16;5-3(6)1-2-4(7)8/h6-7,10-12,14,17H,4-5,8-9H2,1-3H3,(H,18,19,20);1-2H,(H,5,6)(H,7,8)/b;2-1-. The van der Waals surface area contributed by atoms with Gasteiger partial charge >= 0.3 is 11.9 Å². The number of rotatable bonds is 7. The van der Waals surface area contributed by atoms with Gasteiger partial charge in [0.1, 0.15) is 17.8 Å². The van der Waals surface area contributed by atoms with Crippen molar-refractivity contribution in [2.45, 2.75) is 32.2 Å². The minimum absolute atomic E-state index is 0.222. The van der Waals surface area contributed by atoms with E-state index in [9.17, 15) is 18.0 Å². The smallest absolute Gasteiger partial charge is 0.328 e. The Hall–Kier alpha value is -2.99. The lowest BCUT2D eigenvalue weighted by Crippen LogP contribution is -2.43. The van der Waals surface area contributed by atoms with Crippen molar-refractivity contribution in [3.63, 3.8) is 0 Å². The van der Waals surface area contributed by atoms with E-state index in [1.165, 1.54) is 7.05 Å². The summed E-state index contributed by atoms with van der Waals surface area (Å²) in [5.41, 5.74) is 0.841. The molecule has 3 atom stereocenters. The molecule has 2 aromatic heterocycles. The summed E-state index contributed by atoms with van der Waals surface area (Å²) in [5.74, 6) is -0.733. The molecule has 2 heterocycles. The molecular formula is C20H29N5O6S. The van der Waals surface area contributed by atoms with Gasteiger partial charge in [-0.2, -0.15) is 0 Å².